The van der Waals surface area contributed by atoms with Crippen molar-refractivity contribution in [1.82, 2.24) is 14.8 Å². The van der Waals surface area contributed by atoms with Gasteiger partial charge in [0.2, 0.25) is 0 Å². The van der Waals surface area contributed by atoms with Crippen molar-refractivity contribution in [3.63, 3.8) is 0 Å². The molecule has 1 aliphatic rings. The molecule has 2 aromatic rings. The first kappa shape index (κ1) is 11.4. The predicted octanol–water partition coefficient (Wildman–Crippen LogP) is 1.95. The lowest BCUT2D eigenvalue weighted by molar-refractivity contribution is 0.802. The van der Waals surface area contributed by atoms with Crippen LogP contribution in [-0.4, -0.2) is 21.3 Å². The van der Waals surface area contributed by atoms with E-state index >= 15 is 0 Å². The first-order valence-corrected chi connectivity index (χ1v) is 6.49. The summed E-state index contributed by atoms with van der Waals surface area (Å²) in [5.74, 6) is 1.60. The first-order chi connectivity index (χ1) is 8.78. The molecule has 2 N–H and O–H groups in total. The van der Waals surface area contributed by atoms with Gasteiger partial charge < -0.3 is 5.73 Å². The third-order valence-corrected chi connectivity index (χ3v) is 3.36. The minimum absolute atomic E-state index is 0.661. The summed E-state index contributed by atoms with van der Waals surface area (Å²) in [6.45, 7) is 2.73. The highest BCUT2D eigenvalue weighted by atomic mass is 15.3. The van der Waals surface area contributed by atoms with Crippen LogP contribution in [0, 0.1) is 6.92 Å². The third kappa shape index (κ3) is 2.16. The van der Waals surface area contributed by atoms with Crippen LogP contribution in [-0.2, 0) is 6.42 Å². The van der Waals surface area contributed by atoms with Gasteiger partial charge in [0.15, 0.2) is 5.82 Å². The third-order valence-electron chi connectivity index (χ3n) is 3.36. The van der Waals surface area contributed by atoms with Crippen LogP contribution < -0.4 is 5.73 Å². The Morgan fingerprint density at radius 2 is 2.28 bits per heavy atom. The van der Waals surface area contributed by atoms with Crippen molar-refractivity contribution >= 4 is 0 Å². The molecule has 0 aliphatic heterocycles. The molecule has 0 bridgehead atoms. The van der Waals surface area contributed by atoms with Gasteiger partial charge in [-0.15, -0.1) is 0 Å². The lowest BCUT2D eigenvalue weighted by Crippen LogP contribution is -2.06. The van der Waals surface area contributed by atoms with Crippen molar-refractivity contribution in [2.24, 2.45) is 5.73 Å². The van der Waals surface area contributed by atoms with E-state index in [0.717, 1.165) is 17.8 Å². The Hall–Kier alpha value is -1.68. The van der Waals surface area contributed by atoms with Crippen LogP contribution in [0.25, 0.3) is 5.82 Å². The second-order valence-corrected chi connectivity index (χ2v) is 4.98. The Morgan fingerprint density at radius 1 is 1.44 bits per heavy atom. The van der Waals surface area contributed by atoms with Crippen molar-refractivity contribution in [3.05, 3.63) is 41.3 Å². The molecule has 3 rings (SSSR count). The maximum atomic E-state index is 5.56. The smallest absolute Gasteiger partial charge is 0.156 e. The van der Waals surface area contributed by atoms with Crippen LogP contribution in [0.4, 0.5) is 0 Å². The largest absolute Gasteiger partial charge is 0.330 e. The fourth-order valence-electron chi connectivity index (χ4n) is 2.22. The van der Waals surface area contributed by atoms with E-state index in [4.69, 9.17) is 5.73 Å². The molecule has 0 saturated heterocycles. The molecular formula is C14H18N4. The van der Waals surface area contributed by atoms with E-state index in [9.17, 15) is 0 Å². The van der Waals surface area contributed by atoms with Gasteiger partial charge in [0.25, 0.3) is 0 Å². The fraction of sp³-hybridized carbons (Fsp3) is 0.429. The van der Waals surface area contributed by atoms with Gasteiger partial charge in [-0.2, -0.15) is 5.10 Å². The molecule has 2 aromatic heterocycles. The second kappa shape index (κ2) is 4.53. The Labute approximate surface area is 107 Å². The number of pyridine rings is 1. The molecule has 0 radical (unpaired) electrons. The molecule has 2 heterocycles. The summed E-state index contributed by atoms with van der Waals surface area (Å²) in [6, 6.07) is 4.25. The molecule has 18 heavy (non-hydrogen) atoms. The zero-order valence-electron chi connectivity index (χ0n) is 10.6. The van der Waals surface area contributed by atoms with E-state index in [1.807, 2.05) is 17.1 Å². The molecule has 0 amide bonds. The topological polar surface area (TPSA) is 56.7 Å². The number of nitrogens with two attached hydrogens (primary N) is 1. The average Bonchev–Trinajstić information content (AvgIpc) is 3.09. The average molecular weight is 242 g/mol. The molecule has 1 saturated carbocycles. The molecule has 94 valence electrons. The lowest BCUT2D eigenvalue weighted by Gasteiger charge is -2.07. The number of aryl methyl sites for hydroxylation is 1. The number of hydrogen-bond donors (Lipinski definition) is 1. The van der Waals surface area contributed by atoms with Crippen LogP contribution in [0.15, 0.2) is 24.5 Å². The summed E-state index contributed by atoms with van der Waals surface area (Å²) in [4.78, 5) is 4.51. The van der Waals surface area contributed by atoms with E-state index < -0.39 is 0 Å². The van der Waals surface area contributed by atoms with Gasteiger partial charge >= 0.3 is 0 Å². The van der Waals surface area contributed by atoms with Gasteiger partial charge in [-0.25, -0.2) is 9.67 Å². The Kier molecular flexibility index (Phi) is 2.88. The zero-order chi connectivity index (χ0) is 12.5. The van der Waals surface area contributed by atoms with Gasteiger partial charge in [0.05, 0.1) is 5.69 Å². The quantitative estimate of drug-likeness (QED) is 0.891. The van der Waals surface area contributed by atoms with E-state index in [0.29, 0.717) is 12.5 Å². The van der Waals surface area contributed by atoms with E-state index in [1.165, 1.54) is 24.1 Å². The van der Waals surface area contributed by atoms with E-state index in [2.05, 4.69) is 29.1 Å². The van der Waals surface area contributed by atoms with Crippen LogP contribution in [0.2, 0.25) is 0 Å². The van der Waals surface area contributed by atoms with Gasteiger partial charge in [0.1, 0.15) is 0 Å². The van der Waals surface area contributed by atoms with Crippen molar-refractivity contribution in [2.45, 2.75) is 32.1 Å². The van der Waals surface area contributed by atoms with Crippen molar-refractivity contribution in [2.75, 3.05) is 6.54 Å². The minimum Gasteiger partial charge on any atom is -0.330 e. The summed E-state index contributed by atoms with van der Waals surface area (Å²) < 4.78 is 1.88. The van der Waals surface area contributed by atoms with Crippen LogP contribution >= 0.6 is 0 Å². The normalized spacial score (nSPS) is 15.0. The molecule has 1 fully saturated rings. The maximum Gasteiger partial charge on any atom is 0.156 e. The molecule has 0 spiro atoms. The van der Waals surface area contributed by atoms with Gasteiger partial charge in [-0.05, 0) is 49.9 Å². The van der Waals surface area contributed by atoms with Crippen LogP contribution in [0.3, 0.4) is 0 Å². The predicted molar refractivity (Wildman–Crippen MR) is 70.8 cm³/mol. The van der Waals surface area contributed by atoms with Crippen LogP contribution in [0.1, 0.15) is 35.6 Å². The number of hydrogen-bond acceptors (Lipinski definition) is 3. The standard InChI is InChI=1S/C14H18N4/c1-10-8-11(4-6-15)9-16-14(10)18-7-5-13(17-18)12-2-3-12/h5,7-9,12H,2-4,6,15H2,1H3. The van der Waals surface area contributed by atoms with Crippen molar-refractivity contribution in [3.8, 4) is 5.82 Å². The van der Waals surface area contributed by atoms with Gasteiger partial charge in [-0.3, -0.25) is 0 Å². The molecule has 4 nitrogen and oxygen atoms in total. The number of aromatic nitrogens is 3. The summed E-state index contributed by atoms with van der Waals surface area (Å²) >= 11 is 0. The lowest BCUT2D eigenvalue weighted by atomic mass is 10.1. The maximum absolute atomic E-state index is 5.56. The monoisotopic (exact) mass is 242 g/mol. The summed E-state index contributed by atoms with van der Waals surface area (Å²) in [5.41, 5.74) is 9.09. The summed E-state index contributed by atoms with van der Waals surface area (Å²) in [5, 5.41) is 4.61. The molecule has 1 aliphatic carbocycles. The number of nitrogens with zero attached hydrogens (tertiary/aromatic N) is 3. The summed E-state index contributed by atoms with van der Waals surface area (Å²) in [6.07, 6.45) is 7.33. The fourth-order valence-corrected chi connectivity index (χ4v) is 2.22. The molecular weight excluding hydrogens is 224 g/mol. The Bertz CT molecular complexity index is 555. The van der Waals surface area contributed by atoms with Crippen LogP contribution in [0.5, 0.6) is 0 Å². The Balaban J connectivity index is 1.90. The molecule has 4 heteroatoms. The number of rotatable bonds is 4. The molecule has 0 aromatic carbocycles. The highest BCUT2D eigenvalue weighted by Crippen LogP contribution is 2.39. The highest BCUT2D eigenvalue weighted by Gasteiger charge is 2.26. The van der Waals surface area contributed by atoms with Crippen molar-refractivity contribution < 1.29 is 0 Å². The van der Waals surface area contributed by atoms with Gasteiger partial charge in [-0.1, -0.05) is 6.07 Å². The molecule has 0 unspecified atom stereocenters. The SMILES string of the molecule is Cc1cc(CCN)cnc1-n1ccc(C2CC2)n1. The summed E-state index contributed by atoms with van der Waals surface area (Å²) in [7, 11) is 0. The van der Waals surface area contributed by atoms with Gasteiger partial charge in [0, 0.05) is 18.3 Å². The van der Waals surface area contributed by atoms with Crippen molar-refractivity contribution in [1.29, 1.82) is 0 Å². The Morgan fingerprint density at radius 3 is 2.94 bits per heavy atom. The zero-order valence-corrected chi connectivity index (χ0v) is 10.6. The highest BCUT2D eigenvalue weighted by molar-refractivity contribution is 5.35. The van der Waals surface area contributed by atoms with E-state index in [1.54, 1.807) is 0 Å². The minimum atomic E-state index is 0.661. The van der Waals surface area contributed by atoms with E-state index in [-0.39, 0.29) is 0 Å². The molecule has 0 atom stereocenters. The first-order valence-electron chi connectivity index (χ1n) is 6.49. The second-order valence-electron chi connectivity index (χ2n) is 4.98.